The quantitative estimate of drug-likeness (QED) is 0.623. The molecule has 4 rings (SSSR count). The van der Waals surface area contributed by atoms with Crippen LogP contribution in [0, 0.1) is 0 Å². The monoisotopic (exact) mass is 315 g/mol. The molecule has 4 heteroatoms. The summed E-state index contributed by atoms with van der Waals surface area (Å²) in [6.07, 6.45) is 2.53. The highest BCUT2D eigenvalue weighted by Gasteiger charge is 2.12. The molecule has 24 heavy (non-hydrogen) atoms. The van der Waals surface area contributed by atoms with E-state index >= 15 is 0 Å². The number of phenolic OH excluding ortho intramolecular Hbond substituents is 1. The van der Waals surface area contributed by atoms with Crippen LogP contribution in [0.15, 0.2) is 72.9 Å². The third-order valence-corrected chi connectivity index (χ3v) is 4.04. The lowest BCUT2D eigenvalue weighted by molar-refractivity contribution is 0.474. The first-order chi connectivity index (χ1) is 11.8. The van der Waals surface area contributed by atoms with Crippen LogP contribution in [-0.4, -0.2) is 19.6 Å². The summed E-state index contributed by atoms with van der Waals surface area (Å²) in [4.78, 5) is 9.26. The Hall–Kier alpha value is -3.14. The van der Waals surface area contributed by atoms with Gasteiger partial charge < -0.3 is 9.67 Å². The van der Waals surface area contributed by atoms with E-state index in [0.29, 0.717) is 6.54 Å². The summed E-state index contributed by atoms with van der Waals surface area (Å²) >= 11 is 0. The molecule has 0 fully saturated rings. The number of rotatable bonds is 4. The van der Waals surface area contributed by atoms with E-state index in [0.717, 1.165) is 29.0 Å². The van der Waals surface area contributed by atoms with E-state index in [-0.39, 0.29) is 5.75 Å². The van der Waals surface area contributed by atoms with E-state index in [1.165, 1.54) is 5.56 Å². The summed E-state index contributed by atoms with van der Waals surface area (Å²) in [5, 5.41) is 9.72. The van der Waals surface area contributed by atoms with Gasteiger partial charge in [-0.15, -0.1) is 0 Å². The van der Waals surface area contributed by atoms with Crippen LogP contribution in [0.1, 0.15) is 17.0 Å². The highest BCUT2D eigenvalue weighted by molar-refractivity contribution is 5.71. The van der Waals surface area contributed by atoms with Gasteiger partial charge in [-0.25, -0.2) is 9.97 Å². The number of phenols is 1. The number of hydrogen-bond donors (Lipinski definition) is 1. The maximum Gasteiger partial charge on any atom is 0.160 e. The van der Waals surface area contributed by atoms with Crippen molar-refractivity contribution in [1.82, 2.24) is 14.5 Å². The number of hydrogen-bond acceptors (Lipinski definition) is 3. The van der Waals surface area contributed by atoms with E-state index in [1.807, 2.05) is 42.5 Å². The molecular weight excluding hydrogens is 298 g/mol. The molecule has 2 heterocycles. The van der Waals surface area contributed by atoms with Gasteiger partial charge in [0, 0.05) is 12.6 Å². The van der Waals surface area contributed by atoms with Gasteiger partial charge in [-0.2, -0.15) is 0 Å². The van der Waals surface area contributed by atoms with Gasteiger partial charge >= 0.3 is 0 Å². The lowest BCUT2D eigenvalue weighted by atomic mass is 10.1. The minimum atomic E-state index is 0.273. The van der Waals surface area contributed by atoms with Crippen LogP contribution in [0.25, 0.3) is 11.2 Å². The average molecular weight is 315 g/mol. The summed E-state index contributed by atoms with van der Waals surface area (Å²) in [5.74, 6) is 1.24. The zero-order valence-corrected chi connectivity index (χ0v) is 13.1. The van der Waals surface area contributed by atoms with Crippen molar-refractivity contribution in [1.29, 1.82) is 0 Å². The van der Waals surface area contributed by atoms with E-state index < -0.39 is 0 Å². The van der Waals surface area contributed by atoms with Crippen LogP contribution >= 0.6 is 0 Å². The SMILES string of the molecule is Oc1cccc(Cn2c(Cc3ccccc3)nc3cccnc32)c1. The summed E-state index contributed by atoms with van der Waals surface area (Å²) in [6, 6.07) is 21.5. The highest BCUT2D eigenvalue weighted by Crippen LogP contribution is 2.20. The third-order valence-electron chi connectivity index (χ3n) is 4.04. The molecule has 0 amide bonds. The van der Waals surface area contributed by atoms with E-state index in [1.54, 1.807) is 18.3 Å². The molecule has 4 aromatic rings. The van der Waals surface area contributed by atoms with Gasteiger partial charge in [-0.05, 0) is 35.4 Å². The predicted molar refractivity (Wildman–Crippen MR) is 94.0 cm³/mol. The highest BCUT2D eigenvalue weighted by atomic mass is 16.3. The Balaban J connectivity index is 1.78. The predicted octanol–water partition coefficient (Wildman–Crippen LogP) is 3.78. The molecule has 0 saturated carbocycles. The zero-order valence-electron chi connectivity index (χ0n) is 13.1. The van der Waals surface area contributed by atoms with E-state index in [2.05, 4.69) is 21.7 Å². The molecule has 118 valence electrons. The van der Waals surface area contributed by atoms with Crippen molar-refractivity contribution >= 4 is 11.2 Å². The Bertz CT molecular complexity index is 977. The van der Waals surface area contributed by atoms with Gasteiger partial charge in [0.2, 0.25) is 0 Å². The molecule has 2 aromatic carbocycles. The fraction of sp³-hybridized carbons (Fsp3) is 0.100. The van der Waals surface area contributed by atoms with Gasteiger partial charge in [0.05, 0.1) is 6.54 Å². The standard InChI is InChI=1S/C20H17N3O/c24-17-9-4-8-16(12-17)14-23-19(13-15-6-2-1-3-7-15)22-18-10-5-11-21-20(18)23/h1-12,24H,13-14H2. The second-order valence-corrected chi connectivity index (χ2v) is 5.79. The van der Waals surface area contributed by atoms with E-state index in [4.69, 9.17) is 4.98 Å². The lowest BCUT2D eigenvalue weighted by Gasteiger charge is -2.09. The second-order valence-electron chi connectivity index (χ2n) is 5.79. The molecular formula is C20H17N3O. The molecule has 0 aliphatic heterocycles. The Morgan fingerprint density at radius 2 is 1.71 bits per heavy atom. The topological polar surface area (TPSA) is 50.9 Å². The van der Waals surface area contributed by atoms with Crippen molar-refractivity contribution in [3.05, 3.63) is 89.9 Å². The minimum Gasteiger partial charge on any atom is -0.508 e. The second kappa shape index (κ2) is 6.16. The average Bonchev–Trinajstić information content (AvgIpc) is 2.93. The van der Waals surface area contributed by atoms with Crippen molar-refractivity contribution in [2.24, 2.45) is 0 Å². The molecule has 0 bridgehead atoms. The largest absolute Gasteiger partial charge is 0.508 e. The fourth-order valence-corrected chi connectivity index (χ4v) is 2.92. The number of fused-ring (bicyclic) bond motifs is 1. The Morgan fingerprint density at radius 1 is 0.875 bits per heavy atom. The minimum absolute atomic E-state index is 0.273. The molecule has 0 radical (unpaired) electrons. The molecule has 0 aliphatic carbocycles. The Kier molecular flexibility index (Phi) is 3.71. The van der Waals surface area contributed by atoms with Crippen molar-refractivity contribution in [3.63, 3.8) is 0 Å². The first-order valence-electron chi connectivity index (χ1n) is 7.91. The molecule has 0 saturated heterocycles. The number of pyridine rings is 1. The van der Waals surface area contributed by atoms with Crippen molar-refractivity contribution in [2.75, 3.05) is 0 Å². The maximum atomic E-state index is 9.72. The van der Waals surface area contributed by atoms with Crippen LogP contribution in [0.3, 0.4) is 0 Å². The van der Waals surface area contributed by atoms with Crippen LogP contribution in [0.2, 0.25) is 0 Å². The molecule has 1 N–H and O–H groups in total. The summed E-state index contributed by atoms with van der Waals surface area (Å²) in [6.45, 7) is 0.629. The fourth-order valence-electron chi connectivity index (χ4n) is 2.92. The smallest absolute Gasteiger partial charge is 0.160 e. The van der Waals surface area contributed by atoms with Gasteiger partial charge in [-0.3, -0.25) is 0 Å². The molecule has 0 atom stereocenters. The number of imidazole rings is 1. The molecule has 0 unspecified atom stereocenters. The molecule has 2 aromatic heterocycles. The van der Waals surface area contributed by atoms with E-state index in [9.17, 15) is 5.11 Å². The van der Waals surface area contributed by atoms with Gasteiger partial charge in [0.1, 0.15) is 17.1 Å². The molecule has 0 aliphatic rings. The van der Waals surface area contributed by atoms with Crippen molar-refractivity contribution in [2.45, 2.75) is 13.0 Å². The number of nitrogens with zero attached hydrogens (tertiary/aromatic N) is 3. The van der Waals surface area contributed by atoms with Crippen LogP contribution < -0.4 is 0 Å². The third kappa shape index (κ3) is 2.86. The normalized spacial score (nSPS) is 11.0. The van der Waals surface area contributed by atoms with Crippen molar-refractivity contribution in [3.8, 4) is 5.75 Å². The van der Waals surface area contributed by atoms with Crippen LogP contribution in [-0.2, 0) is 13.0 Å². The summed E-state index contributed by atoms with van der Waals surface area (Å²) < 4.78 is 2.12. The zero-order chi connectivity index (χ0) is 16.4. The van der Waals surface area contributed by atoms with Gasteiger partial charge in [0.15, 0.2) is 5.65 Å². The maximum absolute atomic E-state index is 9.72. The molecule has 4 nitrogen and oxygen atoms in total. The van der Waals surface area contributed by atoms with Gasteiger partial charge in [0.25, 0.3) is 0 Å². The summed E-state index contributed by atoms with van der Waals surface area (Å²) in [7, 11) is 0. The van der Waals surface area contributed by atoms with Crippen LogP contribution in [0.4, 0.5) is 0 Å². The van der Waals surface area contributed by atoms with Crippen LogP contribution in [0.5, 0.6) is 5.75 Å². The number of benzene rings is 2. The Morgan fingerprint density at radius 3 is 2.54 bits per heavy atom. The van der Waals surface area contributed by atoms with Crippen molar-refractivity contribution < 1.29 is 5.11 Å². The Labute approximate surface area is 140 Å². The first kappa shape index (κ1) is 14.5. The number of aromatic nitrogens is 3. The van der Waals surface area contributed by atoms with Gasteiger partial charge in [-0.1, -0.05) is 42.5 Å². The summed E-state index contributed by atoms with van der Waals surface area (Å²) in [5.41, 5.74) is 3.99. The number of aromatic hydroxyl groups is 1. The lowest BCUT2D eigenvalue weighted by Crippen LogP contribution is -2.06. The molecule has 0 spiro atoms. The first-order valence-corrected chi connectivity index (χ1v) is 7.91.